The Morgan fingerprint density at radius 2 is 1.88 bits per heavy atom. The van der Waals surface area contributed by atoms with Crippen LogP contribution in [0.25, 0.3) is 5.76 Å². The Labute approximate surface area is 236 Å². The van der Waals surface area contributed by atoms with Crippen molar-refractivity contribution in [2.24, 2.45) is 17.6 Å². The first-order valence-electron chi connectivity index (χ1n) is 13.1. The average Bonchev–Trinajstić information content (AvgIpc) is 2.90. The number of pyridine rings is 1. The second kappa shape index (κ2) is 9.89. The van der Waals surface area contributed by atoms with E-state index in [1.165, 1.54) is 4.90 Å². The van der Waals surface area contributed by atoms with E-state index in [1.54, 1.807) is 38.5 Å². The smallest absolute Gasteiger partial charge is 0.255 e. The number of phenols is 1. The number of aromatic hydroxyl groups is 1. The third kappa shape index (κ3) is 4.13. The van der Waals surface area contributed by atoms with Gasteiger partial charge in [-0.05, 0) is 56.6 Å². The number of fused-ring (bicyclic) bond motifs is 3. The monoisotopic (exact) mass is 563 g/mol. The highest BCUT2D eigenvalue weighted by atomic mass is 16.3. The maximum atomic E-state index is 14.1. The quantitative estimate of drug-likeness (QED) is 0.275. The van der Waals surface area contributed by atoms with Gasteiger partial charge in [-0.15, -0.1) is 0 Å². The minimum absolute atomic E-state index is 0.0301. The molecule has 0 bridgehead atoms. The molecule has 1 fully saturated rings. The van der Waals surface area contributed by atoms with Crippen molar-refractivity contribution in [3.8, 4) is 5.75 Å². The van der Waals surface area contributed by atoms with Crippen molar-refractivity contribution in [2.45, 2.75) is 31.0 Å². The second-order valence-corrected chi connectivity index (χ2v) is 11.2. The summed E-state index contributed by atoms with van der Waals surface area (Å²) in [6.07, 6.45) is 1.86. The van der Waals surface area contributed by atoms with E-state index in [1.807, 2.05) is 25.1 Å². The summed E-state index contributed by atoms with van der Waals surface area (Å²) in [5, 5.41) is 48.9. The molecule has 1 saturated carbocycles. The normalized spacial score (nSPS) is 25.6. The highest BCUT2D eigenvalue weighted by Gasteiger charge is 2.64. The Morgan fingerprint density at radius 3 is 2.46 bits per heavy atom. The summed E-state index contributed by atoms with van der Waals surface area (Å²) in [6.45, 7) is 0.154. The SMILES string of the molecule is CN(C)c1cc(CNc2ccccn2)c(O)c2c1CC1CC3C(N(C)C)C(=O)C(C(N)=O)=C(O)C3(O)C(=O)C1=C2O. The lowest BCUT2D eigenvalue weighted by atomic mass is 9.57. The number of aliphatic hydroxyl groups is 3. The number of rotatable bonds is 6. The highest BCUT2D eigenvalue weighted by Crippen LogP contribution is 2.54. The fourth-order valence-electron chi connectivity index (χ4n) is 6.53. The van der Waals surface area contributed by atoms with Crippen LogP contribution in [0.3, 0.4) is 0 Å². The van der Waals surface area contributed by atoms with Crippen molar-refractivity contribution in [2.75, 3.05) is 38.4 Å². The van der Waals surface area contributed by atoms with Gasteiger partial charge in [-0.1, -0.05) is 6.07 Å². The summed E-state index contributed by atoms with van der Waals surface area (Å²) in [5.74, 6) is -6.18. The van der Waals surface area contributed by atoms with Gasteiger partial charge in [-0.3, -0.25) is 19.3 Å². The number of nitrogens with zero attached hydrogens (tertiary/aromatic N) is 3. The number of hydrogen-bond donors (Lipinski definition) is 6. The van der Waals surface area contributed by atoms with Crippen LogP contribution in [0.1, 0.15) is 23.1 Å². The number of Topliss-reactive ketones (excluding diaryl/α,β-unsaturated/α-hetero) is 2. The molecule has 0 radical (unpaired) electrons. The maximum Gasteiger partial charge on any atom is 0.255 e. The number of primary amides is 1. The number of nitrogens with one attached hydrogen (secondary N) is 1. The Kier molecular flexibility index (Phi) is 6.79. The summed E-state index contributed by atoms with van der Waals surface area (Å²) < 4.78 is 0. The van der Waals surface area contributed by atoms with Gasteiger partial charge in [-0.25, -0.2) is 4.98 Å². The zero-order valence-electron chi connectivity index (χ0n) is 23.2. The minimum atomic E-state index is -2.68. The molecule has 3 aliphatic carbocycles. The fraction of sp³-hybridized carbons (Fsp3) is 0.379. The molecule has 1 aromatic heterocycles. The number of benzene rings is 1. The number of carbonyl (C=O) groups excluding carboxylic acids is 3. The molecule has 4 unspecified atom stereocenters. The van der Waals surface area contributed by atoms with Gasteiger partial charge in [0.15, 0.2) is 11.4 Å². The summed E-state index contributed by atoms with van der Waals surface area (Å²) in [6, 6.07) is 6.01. The van der Waals surface area contributed by atoms with E-state index in [0.29, 0.717) is 22.6 Å². The van der Waals surface area contributed by atoms with Crippen molar-refractivity contribution in [1.82, 2.24) is 9.88 Å². The fourth-order valence-corrected chi connectivity index (χ4v) is 6.53. The molecule has 0 saturated heterocycles. The maximum absolute atomic E-state index is 14.1. The number of hydrogen-bond acceptors (Lipinski definition) is 11. The summed E-state index contributed by atoms with van der Waals surface area (Å²) in [5.41, 5.74) is 3.45. The summed E-state index contributed by atoms with van der Waals surface area (Å²) in [4.78, 5) is 47.0. The first kappa shape index (κ1) is 28.1. The molecular weight excluding hydrogens is 530 g/mol. The van der Waals surface area contributed by atoms with Crippen molar-refractivity contribution >= 4 is 34.7 Å². The molecular formula is C29H33N5O7. The van der Waals surface area contributed by atoms with Crippen molar-refractivity contribution < 1.29 is 34.8 Å². The van der Waals surface area contributed by atoms with Gasteiger partial charge in [0, 0.05) is 49.6 Å². The average molecular weight is 564 g/mol. The number of amides is 1. The van der Waals surface area contributed by atoms with E-state index in [0.717, 1.165) is 0 Å². The van der Waals surface area contributed by atoms with Gasteiger partial charge in [0.05, 0.1) is 11.6 Å². The molecule has 1 heterocycles. The van der Waals surface area contributed by atoms with Crippen LogP contribution < -0.4 is 16.0 Å². The molecule has 2 aromatic rings. The van der Waals surface area contributed by atoms with Gasteiger partial charge in [-0.2, -0.15) is 0 Å². The number of phenolic OH excluding ortho intramolecular Hbond substituents is 1. The molecule has 0 spiro atoms. The first-order chi connectivity index (χ1) is 19.3. The van der Waals surface area contributed by atoms with E-state index < -0.39 is 58.0 Å². The lowest BCUT2D eigenvalue weighted by molar-refractivity contribution is -0.153. The van der Waals surface area contributed by atoms with Crippen LogP contribution >= 0.6 is 0 Å². The number of ketones is 2. The van der Waals surface area contributed by atoms with E-state index >= 15 is 0 Å². The molecule has 1 amide bonds. The molecule has 0 aliphatic heterocycles. The number of aromatic nitrogens is 1. The van der Waals surface area contributed by atoms with Gasteiger partial charge in [0.1, 0.15) is 28.7 Å². The van der Waals surface area contributed by atoms with Crippen molar-refractivity contribution in [3.63, 3.8) is 0 Å². The largest absolute Gasteiger partial charge is 0.508 e. The number of likely N-dealkylation sites (N-methyl/N-ethyl adjacent to an activating group) is 1. The van der Waals surface area contributed by atoms with Gasteiger partial charge < -0.3 is 36.4 Å². The van der Waals surface area contributed by atoms with E-state index in [4.69, 9.17) is 5.73 Å². The van der Waals surface area contributed by atoms with E-state index in [2.05, 4.69) is 10.3 Å². The third-order valence-electron chi connectivity index (χ3n) is 8.38. The molecule has 4 atom stereocenters. The summed E-state index contributed by atoms with van der Waals surface area (Å²) in [7, 11) is 6.77. The minimum Gasteiger partial charge on any atom is -0.508 e. The molecule has 1 aromatic carbocycles. The molecule has 12 heteroatoms. The Balaban J connectivity index is 1.68. The lowest BCUT2D eigenvalue weighted by Gasteiger charge is -2.50. The Bertz CT molecular complexity index is 1530. The second-order valence-electron chi connectivity index (χ2n) is 11.2. The molecule has 41 heavy (non-hydrogen) atoms. The molecule has 3 aliphatic rings. The molecule has 12 nitrogen and oxygen atoms in total. The number of nitrogens with two attached hydrogens (primary N) is 1. The lowest BCUT2D eigenvalue weighted by Crippen LogP contribution is -2.65. The van der Waals surface area contributed by atoms with Crippen LogP contribution in [0, 0.1) is 11.8 Å². The zero-order chi connectivity index (χ0) is 30.0. The van der Waals surface area contributed by atoms with Crippen LogP contribution in [0.5, 0.6) is 5.75 Å². The van der Waals surface area contributed by atoms with Gasteiger partial charge in [0.2, 0.25) is 5.78 Å². The van der Waals surface area contributed by atoms with Crippen molar-refractivity contribution in [1.29, 1.82) is 0 Å². The van der Waals surface area contributed by atoms with Crippen LogP contribution in [-0.2, 0) is 27.3 Å². The van der Waals surface area contributed by atoms with Crippen molar-refractivity contribution in [3.05, 3.63) is 64.1 Å². The number of anilines is 2. The number of carbonyl (C=O) groups is 3. The first-order valence-corrected chi connectivity index (χ1v) is 13.1. The van der Waals surface area contributed by atoms with Gasteiger partial charge in [0.25, 0.3) is 5.91 Å². The van der Waals surface area contributed by atoms with Crippen LogP contribution in [0.15, 0.2) is 47.4 Å². The van der Waals surface area contributed by atoms with Crippen LogP contribution in [-0.4, -0.2) is 87.6 Å². The van der Waals surface area contributed by atoms with Gasteiger partial charge >= 0.3 is 0 Å². The molecule has 5 rings (SSSR count). The predicted octanol–water partition coefficient (Wildman–Crippen LogP) is 1.04. The van der Waals surface area contributed by atoms with E-state index in [-0.39, 0.29) is 36.3 Å². The van der Waals surface area contributed by atoms with E-state index in [9.17, 15) is 34.8 Å². The predicted molar refractivity (Wildman–Crippen MR) is 150 cm³/mol. The van der Waals surface area contributed by atoms with Crippen LogP contribution in [0.4, 0.5) is 11.5 Å². The Hall–Kier alpha value is -4.42. The molecule has 7 N–H and O–H groups in total. The highest BCUT2D eigenvalue weighted by molar-refractivity contribution is 6.24. The molecule has 216 valence electrons. The zero-order valence-corrected chi connectivity index (χ0v) is 23.2. The summed E-state index contributed by atoms with van der Waals surface area (Å²) >= 11 is 0. The topological polar surface area (TPSA) is 190 Å². The van der Waals surface area contributed by atoms with Crippen LogP contribution in [0.2, 0.25) is 0 Å². The number of aliphatic hydroxyl groups excluding tert-OH is 2. The Morgan fingerprint density at radius 1 is 1.17 bits per heavy atom. The third-order valence-corrected chi connectivity index (χ3v) is 8.38. The standard InChI is InChI=1S/C29H33N5O7/c1-33(2)17-11-14(12-32-18-7-5-6-8-31-18)23(35)20-15(17)9-13-10-16-22(34(3)4)25(37)21(28(30)40)27(39)29(16,41)26(38)19(13)24(20)36/h5-8,11,13,16,22,35-36,39,41H,9-10,12H2,1-4H3,(H2,30,40)(H,31,32).